The van der Waals surface area contributed by atoms with Crippen LogP contribution in [0.4, 0.5) is 13.2 Å². The van der Waals surface area contributed by atoms with Crippen molar-refractivity contribution in [3.63, 3.8) is 0 Å². The summed E-state index contributed by atoms with van der Waals surface area (Å²) in [6.07, 6.45) is 2.33. The molecular formula is C18H23F3N2O2S. The van der Waals surface area contributed by atoms with Gasteiger partial charge in [-0.25, -0.2) is 8.70 Å². The molecule has 0 aromatic heterocycles. The van der Waals surface area contributed by atoms with Gasteiger partial charge in [0.05, 0.1) is 4.90 Å². The van der Waals surface area contributed by atoms with Crippen LogP contribution in [0.3, 0.4) is 0 Å². The number of likely N-dealkylation sites (tertiary alicyclic amines) is 1. The van der Waals surface area contributed by atoms with Gasteiger partial charge in [-0.15, -0.1) is 0 Å². The van der Waals surface area contributed by atoms with Crippen LogP contribution in [-0.2, 0) is 4.74 Å². The highest BCUT2D eigenvalue weighted by molar-refractivity contribution is 7.97. The van der Waals surface area contributed by atoms with E-state index in [0.29, 0.717) is 10.3 Å². The molecule has 8 heteroatoms. The van der Waals surface area contributed by atoms with Gasteiger partial charge in [0.2, 0.25) is 0 Å². The van der Waals surface area contributed by atoms with Gasteiger partial charge in [-0.1, -0.05) is 0 Å². The zero-order valence-corrected chi connectivity index (χ0v) is 15.3. The van der Waals surface area contributed by atoms with E-state index >= 15 is 0 Å². The van der Waals surface area contributed by atoms with Crippen molar-refractivity contribution in [2.45, 2.75) is 24.3 Å². The largest absolute Gasteiger partial charge is 0.435 e. The molecular weight excluding hydrogens is 365 g/mol. The first-order chi connectivity index (χ1) is 12.5. The Morgan fingerprint density at radius 2 is 1.92 bits per heavy atom. The predicted molar refractivity (Wildman–Crippen MR) is 92.9 cm³/mol. The Balaban J connectivity index is 1.21. The Morgan fingerprint density at radius 3 is 2.58 bits per heavy atom. The van der Waals surface area contributed by atoms with Crippen molar-refractivity contribution < 1.29 is 22.6 Å². The third kappa shape index (κ3) is 4.13. The van der Waals surface area contributed by atoms with Gasteiger partial charge < -0.3 is 14.4 Å². The fourth-order valence-corrected chi connectivity index (χ4v) is 5.39. The molecule has 3 fully saturated rings. The quantitative estimate of drug-likeness (QED) is 0.695. The van der Waals surface area contributed by atoms with E-state index in [-0.39, 0.29) is 5.75 Å². The lowest BCUT2D eigenvalue weighted by Crippen LogP contribution is -2.70. The van der Waals surface area contributed by atoms with E-state index in [2.05, 4.69) is 13.9 Å². The fourth-order valence-electron chi connectivity index (χ4n) is 4.16. The lowest BCUT2D eigenvalue weighted by Gasteiger charge is -2.60. The maximum Gasteiger partial charge on any atom is 0.387 e. The summed E-state index contributed by atoms with van der Waals surface area (Å²) in [5.74, 6) is 0.0863. The van der Waals surface area contributed by atoms with Crippen LogP contribution >= 0.6 is 11.9 Å². The zero-order chi connectivity index (χ0) is 18.1. The molecule has 3 aliphatic rings. The number of benzene rings is 1. The summed E-state index contributed by atoms with van der Waals surface area (Å²) in [6, 6.07) is 3.90. The van der Waals surface area contributed by atoms with Crippen LogP contribution in [0, 0.1) is 17.2 Å². The van der Waals surface area contributed by atoms with E-state index in [0.717, 1.165) is 64.2 Å². The van der Waals surface area contributed by atoms with Gasteiger partial charge in [0.1, 0.15) is 11.6 Å². The first kappa shape index (κ1) is 18.4. The maximum atomic E-state index is 14.0. The molecule has 144 valence electrons. The number of alkyl halides is 2. The van der Waals surface area contributed by atoms with Crippen LogP contribution in [0.5, 0.6) is 5.75 Å². The lowest BCUT2D eigenvalue weighted by molar-refractivity contribution is -0.0881. The molecule has 0 N–H and O–H groups in total. The average molecular weight is 388 g/mol. The second-order valence-electron chi connectivity index (χ2n) is 7.59. The lowest BCUT2D eigenvalue weighted by atomic mass is 9.74. The summed E-state index contributed by atoms with van der Waals surface area (Å²) in [6.45, 7) is 4.12. The molecule has 0 bridgehead atoms. The van der Waals surface area contributed by atoms with Crippen LogP contribution < -0.4 is 4.74 Å². The average Bonchev–Trinajstić information content (AvgIpc) is 2.53. The van der Waals surface area contributed by atoms with Gasteiger partial charge in [0.25, 0.3) is 0 Å². The molecule has 26 heavy (non-hydrogen) atoms. The number of rotatable bonds is 6. The molecule has 1 aromatic rings. The Kier molecular flexibility index (Phi) is 5.36. The van der Waals surface area contributed by atoms with Crippen LogP contribution in [0.25, 0.3) is 0 Å². The summed E-state index contributed by atoms with van der Waals surface area (Å²) >= 11 is 1.35. The highest BCUT2D eigenvalue weighted by atomic mass is 32.2. The third-order valence-electron chi connectivity index (χ3n) is 5.35. The van der Waals surface area contributed by atoms with Gasteiger partial charge in [0.15, 0.2) is 0 Å². The predicted octanol–water partition coefficient (Wildman–Crippen LogP) is 3.48. The standard InChI is InChI=1S/C18H23F3N2O2S/c19-15-7-14(25-17(20)21)1-2-16(15)26-23-11-18(12-23)9-22(10-18)8-13-3-5-24-6-4-13/h1-2,7,13,17H,3-6,8-12H2. The van der Waals surface area contributed by atoms with E-state index < -0.39 is 12.4 Å². The van der Waals surface area contributed by atoms with Gasteiger partial charge in [-0.05, 0) is 42.8 Å². The molecule has 4 rings (SSSR count). The van der Waals surface area contributed by atoms with Crippen LogP contribution in [0.15, 0.2) is 23.1 Å². The van der Waals surface area contributed by atoms with Gasteiger partial charge in [0, 0.05) is 57.4 Å². The van der Waals surface area contributed by atoms with Crippen molar-refractivity contribution in [2.75, 3.05) is 45.9 Å². The maximum absolute atomic E-state index is 14.0. The first-order valence-corrected chi connectivity index (χ1v) is 9.76. The fraction of sp³-hybridized carbons (Fsp3) is 0.667. The zero-order valence-electron chi connectivity index (χ0n) is 14.5. The molecule has 3 heterocycles. The summed E-state index contributed by atoms with van der Waals surface area (Å²) < 4.78 is 50.1. The molecule has 0 radical (unpaired) electrons. The van der Waals surface area contributed by atoms with Gasteiger partial charge >= 0.3 is 6.61 Å². The summed E-state index contributed by atoms with van der Waals surface area (Å²) in [5, 5.41) is 0. The third-order valence-corrected chi connectivity index (χ3v) is 6.40. The second kappa shape index (κ2) is 7.58. The monoisotopic (exact) mass is 388 g/mol. The normalized spacial score (nSPS) is 23.8. The van der Waals surface area contributed by atoms with E-state index in [1.54, 1.807) is 0 Å². The minimum Gasteiger partial charge on any atom is -0.435 e. The molecule has 4 nitrogen and oxygen atoms in total. The van der Waals surface area contributed by atoms with Crippen LogP contribution in [0.2, 0.25) is 0 Å². The molecule has 3 aliphatic heterocycles. The highest BCUT2D eigenvalue weighted by Gasteiger charge is 2.52. The molecule has 1 spiro atoms. The Hall–Kier alpha value is -0.960. The van der Waals surface area contributed by atoms with Crippen molar-refractivity contribution >= 4 is 11.9 Å². The molecule has 1 aromatic carbocycles. The number of ether oxygens (including phenoxy) is 2. The SMILES string of the molecule is Fc1cc(OC(F)F)ccc1SN1CC2(CN(CC3CCOCC3)C2)C1. The minimum atomic E-state index is -2.94. The van der Waals surface area contributed by atoms with Crippen molar-refractivity contribution in [3.8, 4) is 5.75 Å². The van der Waals surface area contributed by atoms with Crippen molar-refractivity contribution in [1.29, 1.82) is 0 Å². The second-order valence-corrected chi connectivity index (χ2v) is 8.72. The molecule has 0 atom stereocenters. The molecule has 3 saturated heterocycles. The van der Waals surface area contributed by atoms with Gasteiger partial charge in [-0.2, -0.15) is 8.78 Å². The first-order valence-electron chi connectivity index (χ1n) is 8.99. The van der Waals surface area contributed by atoms with Crippen LogP contribution in [-0.4, -0.2) is 61.8 Å². The highest BCUT2D eigenvalue weighted by Crippen LogP contribution is 2.45. The Bertz CT molecular complexity index is 629. The summed E-state index contributed by atoms with van der Waals surface area (Å²) in [4.78, 5) is 2.97. The number of nitrogens with zero attached hydrogens (tertiary/aromatic N) is 2. The topological polar surface area (TPSA) is 24.9 Å². The van der Waals surface area contributed by atoms with E-state index in [9.17, 15) is 13.2 Å². The van der Waals surface area contributed by atoms with E-state index in [1.165, 1.54) is 30.6 Å². The van der Waals surface area contributed by atoms with Gasteiger partial charge in [-0.3, -0.25) is 0 Å². The Morgan fingerprint density at radius 1 is 1.19 bits per heavy atom. The van der Waals surface area contributed by atoms with Crippen molar-refractivity contribution in [3.05, 3.63) is 24.0 Å². The molecule has 0 amide bonds. The van der Waals surface area contributed by atoms with Crippen LogP contribution in [0.1, 0.15) is 12.8 Å². The number of halogens is 3. The summed E-state index contributed by atoms with van der Waals surface area (Å²) in [5.41, 5.74) is 0.355. The molecule has 0 aliphatic carbocycles. The number of hydrogen-bond acceptors (Lipinski definition) is 5. The van der Waals surface area contributed by atoms with Crippen molar-refractivity contribution in [1.82, 2.24) is 9.21 Å². The van der Waals surface area contributed by atoms with E-state index in [4.69, 9.17) is 4.74 Å². The number of hydrogen-bond donors (Lipinski definition) is 0. The molecule has 0 saturated carbocycles. The van der Waals surface area contributed by atoms with Crippen molar-refractivity contribution in [2.24, 2.45) is 11.3 Å². The Labute approximate surface area is 155 Å². The minimum absolute atomic E-state index is 0.148. The molecule has 0 unspecified atom stereocenters. The van der Waals surface area contributed by atoms with E-state index in [1.807, 2.05) is 0 Å². The summed E-state index contributed by atoms with van der Waals surface area (Å²) in [7, 11) is 0. The smallest absolute Gasteiger partial charge is 0.387 e.